The van der Waals surface area contributed by atoms with Crippen LogP contribution in [-0.2, 0) is 0 Å². The number of hydrogen-bond donors (Lipinski definition) is 1. The van der Waals surface area contributed by atoms with E-state index < -0.39 is 0 Å². The van der Waals surface area contributed by atoms with Crippen LogP contribution >= 0.6 is 0 Å². The van der Waals surface area contributed by atoms with E-state index in [0.717, 1.165) is 24.3 Å². The van der Waals surface area contributed by atoms with Crippen LogP contribution in [0.1, 0.15) is 53.4 Å². The molecule has 2 fully saturated rings. The van der Waals surface area contributed by atoms with Crippen LogP contribution in [-0.4, -0.2) is 6.54 Å². The first-order valence-corrected chi connectivity index (χ1v) is 6.58. The lowest BCUT2D eigenvalue weighted by Gasteiger charge is -2.35. The molecule has 0 aliphatic heterocycles. The molecule has 2 N–H and O–H groups in total. The van der Waals surface area contributed by atoms with Crippen molar-refractivity contribution in [3.05, 3.63) is 0 Å². The number of hydrogen-bond acceptors (Lipinski definition) is 1. The van der Waals surface area contributed by atoms with Gasteiger partial charge in [-0.05, 0) is 60.8 Å². The van der Waals surface area contributed by atoms with E-state index in [9.17, 15) is 0 Å². The van der Waals surface area contributed by atoms with E-state index in [-0.39, 0.29) is 0 Å². The second kappa shape index (κ2) is 3.48. The van der Waals surface area contributed by atoms with Crippen LogP contribution in [0.25, 0.3) is 0 Å². The quantitative estimate of drug-likeness (QED) is 0.741. The molecular weight excluding hydrogens is 182 g/mol. The van der Waals surface area contributed by atoms with E-state index in [0.29, 0.717) is 10.8 Å². The third-order valence-electron chi connectivity index (χ3n) is 5.28. The summed E-state index contributed by atoms with van der Waals surface area (Å²) >= 11 is 0. The summed E-state index contributed by atoms with van der Waals surface area (Å²) in [5, 5.41) is 0. The Hall–Kier alpha value is -0.0400. The lowest BCUT2D eigenvalue weighted by atomic mass is 9.71. The summed E-state index contributed by atoms with van der Waals surface area (Å²) in [5.74, 6) is 2.71. The van der Waals surface area contributed by atoms with Crippen LogP contribution in [0, 0.1) is 28.6 Å². The molecule has 0 radical (unpaired) electrons. The van der Waals surface area contributed by atoms with Crippen molar-refractivity contribution in [2.24, 2.45) is 34.3 Å². The van der Waals surface area contributed by atoms with Crippen molar-refractivity contribution in [2.75, 3.05) is 6.54 Å². The molecule has 1 heteroatoms. The van der Waals surface area contributed by atoms with Crippen molar-refractivity contribution < 1.29 is 0 Å². The van der Waals surface area contributed by atoms with Gasteiger partial charge in [-0.25, -0.2) is 0 Å². The molecule has 2 aliphatic rings. The number of nitrogens with two attached hydrogens (primary N) is 1. The number of rotatable bonds is 2. The Morgan fingerprint density at radius 3 is 2.00 bits per heavy atom. The average molecular weight is 209 g/mol. The highest BCUT2D eigenvalue weighted by Gasteiger charge is 2.59. The lowest BCUT2D eigenvalue weighted by molar-refractivity contribution is 0.166. The molecular formula is C14H27N. The molecule has 0 bridgehead atoms. The molecule has 15 heavy (non-hydrogen) atoms. The van der Waals surface area contributed by atoms with Gasteiger partial charge in [-0.3, -0.25) is 0 Å². The monoisotopic (exact) mass is 209 g/mol. The van der Waals surface area contributed by atoms with E-state index in [4.69, 9.17) is 5.73 Å². The molecule has 88 valence electrons. The van der Waals surface area contributed by atoms with Gasteiger partial charge in [0.15, 0.2) is 0 Å². The Morgan fingerprint density at radius 1 is 1.07 bits per heavy atom. The molecule has 0 unspecified atom stereocenters. The molecule has 2 saturated carbocycles. The molecule has 2 aliphatic carbocycles. The van der Waals surface area contributed by atoms with E-state index in [1.54, 1.807) is 0 Å². The fraction of sp³-hybridized carbons (Fsp3) is 1.00. The van der Waals surface area contributed by atoms with Crippen molar-refractivity contribution in [2.45, 2.75) is 53.4 Å². The minimum Gasteiger partial charge on any atom is -0.330 e. The van der Waals surface area contributed by atoms with Gasteiger partial charge in [0.25, 0.3) is 0 Å². The summed E-state index contributed by atoms with van der Waals surface area (Å²) in [6, 6.07) is 0. The molecule has 2 rings (SSSR count). The second-order valence-electron chi connectivity index (χ2n) is 7.19. The van der Waals surface area contributed by atoms with Crippen molar-refractivity contribution in [3.8, 4) is 0 Å². The molecule has 2 atom stereocenters. The van der Waals surface area contributed by atoms with Crippen LogP contribution in [0.5, 0.6) is 0 Å². The van der Waals surface area contributed by atoms with Gasteiger partial charge in [0.2, 0.25) is 0 Å². The third-order valence-corrected chi connectivity index (χ3v) is 5.28. The normalized spacial score (nSPS) is 39.0. The average Bonchev–Trinajstić information content (AvgIpc) is 2.68. The van der Waals surface area contributed by atoms with Crippen LogP contribution in [0.3, 0.4) is 0 Å². The van der Waals surface area contributed by atoms with Crippen LogP contribution in [0.4, 0.5) is 0 Å². The maximum atomic E-state index is 5.86. The van der Waals surface area contributed by atoms with E-state index in [2.05, 4.69) is 27.7 Å². The Bertz CT molecular complexity index is 232. The topological polar surface area (TPSA) is 26.0 Å². The predicted molar refractivity (Wildman–Crippen MR) is 65.6 cm³/mol. The Labute approximate surface area is 94.8 Å². The zero-order valence-corrected chi connectivity index (χ0v) is 10.8. The Morgan fingerprint density at radius 2 is 1.60 bits per heavy atom. The van der Waals surface area contributed by atoms with Crippen molar-refractivity contribution >= 4 is 0 Å². The Kier molecular flexibility index (Phi) is 2.65. The molecule has 0 aromatic heterocycles. The maximum Gasteiger partial charge on any atom is -0.00407 e. The van der Waals surface area contributed by atoms with E-state index >= 15 is 0 Å². The largest absolute Gasteiger partial charge is 0.330 e. The fourth-order valence-corrected chi connectivity index (χ4v) is 3.95. The van der Waals surface area contributed by atoms with Gasteiger partial charge in [-0.2, -0.15) is 0 Å². The standard InChI is InChI=1S/C14H27N/c1-13(2)7-5-10(6-8-13)12-11(9-15)14(12,3)4/h10-12H,5-9,15H2,1-4H3/t11-,12-/m0/s1. The first-order chi connectivity index (χ1) is 6.88. The van der Waals surface area contributed by atoms with Gasteiger partial charge >= 0.3 is 0 Å². The van der Waals surface area contributed by atoms with Crippen LogP contribution < -0.4 is 5.73 Å². The summed E-state index contributed by atoms with van der Waals surface area (Å²) in [5.41, 5.74) is 7.01. The summed E-state index contributed by atoms with van der Waals surface area (Å²) in [7, 11) is 0. The molecule has 0 aromatic rings. The van der Waals surface area contributed by atoms with Gasteiger partial charge in [0.1, 0.15) is 0 Å². The Balaban J connectivity index is 1.93. The van der Waals surface area contributed by atoms with Gasteiger partial charge < -0.3 is 5.73 Å². The fourth-order valence-electron chi connectivity index (χ4n) is 3.95. The van der Waals surface area contributed by atoms with Gasteiger partial charge in [0, 0.05) is 0 Å². The molecule has 1 nitrogen and oxygen atoms in total. The van der Waals surface area contributed by atoms with E-state index in [1.807, 2.05) is 0 Å². The highest BCUT2D eigenvalue weighted by molar-refractivity contribution is 5.08. The first-order valence-electron chi connectivity index (χ1n) is 6.58. The highest BCUT2D eigenvalue weighted by atomic mass is 14.7. The molecule has 0 saturated heterocycles. The zero-order valence-electron chi connectivity index (χ0n) is 10.8. The zero-order chi connectivity index (χ0) is 11.3. The minimum atomic E-state index is 0.543. The summed E-state index contributed by atoms with van der Waals surface area (Å²) in [4.78, 5) is 0. The molecule has 0 heterocycles. The van der Waals surface area contributed by atoms with Gasteiger partial charge in [0.05, 0.1) is 0 Å². The molecule has 0 spiro atoms. The smallest absolute Gasteiger partial charge is 0.00407 e. The lowest BCUT2D eigenvalue weighted by Crippen LogP contribution is -2.23. The van der Waals surface area contributed by atoms with Crippen molar-refractivity contribution in [3.63, 3.8) is 0 Å². The van der Waals surface area contributed by atoms with Crippen LogP contribution in [0.2, 0.25) is 0 Å². The summed E-state index contributed by atoms with van der Waals surface area (Å²) < 4.78 is 0. The van der Waals surface area contributed by atoms with Crippen molar-refractivity contribution in [1.82, 2.24) is 0 Å². The van der Waals surface area contributed by atoms with Gasteiger partial charge in [-0.15, -0.1) is 0 Å². The maximum absolute atomic E-state index is 5.86. The summed E-state index contributed by atoms with van der Waals surface area (Å²) in [6.07, 6.45) is 5.72. The predicted octanol–water partition coefficient (Wildman–Crippen LogP) is 3.43. The van der Waals surface area contributed by atoms with Crippen molar-refractivity contribution in [1.29, 1.82) is 0 Å². The second-order valence-corrected chi connectivity index (χ2v) is 7.19. The third kappa shape index (κ3) is 1.95. The SMILES string of the molecule is CC1(C)CCC([C@H]2[C@H](CN)C2(C)C)CC1. The summed E-state index contributed by atoms with van der Waals surface area (Å²) in [6.45, 7) is 10.6. The minimum absolute atomic E-state index is 0.543. The molecule has 0 amide bonds. The highest BCUT2D eigenvalue weighted by Crippen LogP contribution is 2.64. The van der Waals surface area contributed by atoms with Crippen LogP contribution in [0.15, 0.2) is 0 Å². The van der Waals surface area contributed by atoms with Gasteiger partial charge in [-0.1, -0.05) is 27.7 Å². The van der Waals surface area contributed by atoms with E-state index in [1.165, 1.54) is 25.7 Å². The first kappa shape index (κ1) is 11.4. The molecule has 0 aromatic carbocycles.